The molecular formula is C24H20N2O4S. The summed E-state index contributed by atoms with van der Waals surface area (Å²) in [5.74, 6) is 1.10. The SMILES string of the molecule is N#Cc1ccc(S(=O)(=O)N(C/C=C/c2ccccc2)c2ccc3c(c2)OCCO3)cc1. The third-order valence-corrected chi connectivity index (χ3v) is 6.57. The molecule has 0 unspecified atom stereocenters. The summed E-state index contributed by atoms with van der Waals surface area (Å²) >= 11 is 0. The fourth-order valence-corrected chi connectivity index (χ4v) is 4.61. The van der Waals surface area contributed by atoms with Crippen LogP contribution in [0.2, 0.25) is 0 Å². The van der Waals surface area contributed by atoms with Crippen LogP contribution in [0.5, 0.6) is 11.5 Å². The van der Waals surface area contributed by atoms with Gasteiger partial charge < -0.3 is 9.47 Å². The molecule has 0 radical (unpaired) electrons. The summed E-state index contributed by atoms with van der Waals surface area (Å²) in [6, 6.07) is 22.6. The number of nitrogens with zero attached hydrogens (tertiary/aromatic N) is 2. The average Bonchev–Trinajstić information content (AvgIpc) is 2.82. The van der Waals surface area contributed by atoms with Crippen molar-refractivity contribution in [2.45, 2.75) is 4.90 Å². The van der Waals surface area contributed by atoms with Crippen LogP contribution >= 0.6 is 0 Å². The molecule has 1 aliphatic heterocycles. The molecule has 1 aliphatic rings. The molecule has 1 heterocycles. The number of ether oxygens (including phenoxy) is 2. The predicted molar refractivity (Wildman–Crippen MR) is 119 cm³/mol. The second kappa shape index (κ2) is 8.94. The zero-order valence-electron chi connectivity index (χ0n) is 16.6. The molecule has 156 valence electrons. The van der Waals surface area contributed by atoms with Crippen molar-refractivity contribution >= 4 is 21.8 Å². The van der Waals surface area contributed by atoms with E-state index in [1.807, 2.05) is 42.5 Å². The van der Waals surface area contributed by atoms with Crippen LogP contribution in [0, 0.1) is 11.3 Å². The summed E-state index contributed by atoms with van der Waals surface area (Å²) in [6.07, 6.45) is 3.67. The van der Waals surface area contributed by atoms with E-state index in [2.05, 4.69) is 0 Å². The van der Waals surface area contributed by atoms with Crippen molar-refractivity contribution < 1.29 is 17.9 Å². The summed E-state index contributed by atoms with van der Waals surface area (Å²) in [6.45, 7) is 0.989. The van der Waals surface area contributed by atoms with Gasteiger partial charge in [0.1, 0.15) is 13.2 Å². The Morgan fingerprint density at radius 2 is 1.65 bits per heavy atom. The fraction of sp³-hybridized carbons (Fsp3) is 0.125. The standard InChI is InChI=1S/C24H20N2O4S/c25-18-20-8-11-22(12-9-20)31(27,28)26(14-4-7-19-5-2-1-3-6-19)21-10-13-23-24(17-21)30-16-15-29-23/h1-13,17H,14-16H2/b7-4+. The minimum absolute atomic E-state index is 0.106. The molecule has 0 saturated carbocycles. The molecule has 31 heavy (non-hydrogen) atoms. The van der Waals surface area contributed by atoms with Gasteiger partial charge in [0.2, 0.25) is 0 Å². The Kier molecular flexibility index (Phi) is 5.92. The van der Waals surface area contributed by atoms with E-state index in [9.17, 15) is 8.42 Å². The smallest absolute Gasteiger partial charge is 0.264 e. The van der Waals surface area contributed by atoms with Crippen molar-refractivity contribution in [2.75, 3.05) is 24.1 Å². The molecule has 0 aliphatic carbocycles. The molecule has 0 fully saturated rings. The lowest BCUT2D eigenvalue weighted by Crippen LogP contribution is -2.31. The number of benzene rings is 3. The van der Waals surface area contributed by atoms with Gasteiger partial charge in [-0.05, 0) is 42.0 Å². The third kappa shape index (κ3) is 4.55. The second-order valence-corrected chi connectivity index (χ2v) is 8.68. The zero-order valence-corrected chi connectivity index (χ0v) is 17.5. The zero-order chi connectivity index (χ0) is 21.7. The molecule has 0 atom stereocenters. The van der Waals surface area contributed by atoms with E-state index in [4.69, 9.17) is 14.7 Å². The normalized spacial score (nSPS) is 13.0. The van der Waals surface area contributed by atoms with Crippen LogP contribution in [0.3, 0.4) is 0 Å². The van der Waals surface area contributed by atoms with Crippen LogP contribution in [-0.4, -0.2) is 28.2 Å². The number of hydrogen-bond donors (Lipinski definition) is 0. The van der Waals surface area contributed by atoms with E-state index in [1.54, 1.807) is 24.3 Å². The summed E-state index contributed by atoms with van der Waals surface area (Å²) < 4.78 is 39.5. The third-order valence-electron chi connectivity index (χ3n) is 4.77. The molecule has 0 saturated heterocycles. The molecule has 0 amide bonds. The van der Waals surface area contributed by atoms with Gasteiger partial charge in [0, 0.05) is 6.07 Å². The van der Waals surface area contributed by atoms with Crippen LogP contribution in [-0.2, 0) is 10.0 Å². The number of rotatable bonds is 6. The van der Waals surface area contributed by atoms with Gasteiger partial charge >= 0.3 is 0 Å². The summed E-state index contributed by atoms with van der Waals surface area (Å²) in [7, 11) is -3.88. The van der Waals surface area contributed by atoms with E-state index >= 15 is 0 Å². The number of hydrogen-bond acceptors (Lipinski definition) is 5. The van der Waals surface area contributed by atoms with Gasteiger partial charge in [-0.1, -0.05) is 42.5 Å². The van der Waals surface area contributed by atoms with Gasteiger partial charge in [-0.3, -0.25) is 4.31 Å². The summed E-state index contributed by atoms with van der Waals surface area (Å²) in [5.41, 5.74) is 1.83. The van der Waals surface area contributed by atoms with Crippen molar-refractivity contribution in [3.63, 3.8) is 0 Å². The highest BCUT2D eigenvalue weighted by Gasteiger charge is 2.26. The largest absolute Gasteiger partial charge is 0.486 e. The first-order chi connectivity index (χ1) is 15.1. The molecule has 6 nitrogen and oxygen atoms in total. The Bertz CT molecular complexity index is 1230. The maximum absolute atomic E-state index is 13.5. The quantitative estimate of drug-likeness (QED) is 0.582. The minimum atomic E-state index is -3.88. The number of anilines is 1. The molecule has 0 bridgehead atoms. The molecule has 0 N–H and O–H groups in total. The summed E-state index contributed by atoms with van der Waals surface area (Å²) in [5, 5.41) is 9.01. The van der Waals surface area contributed by atoms with Crippen molar-refractivity contribution in [3.8, 4) is 17.6 Å². The van der Waals surface area contributed by atoms with Crippen molar-refractivity contribution in [2.24, 2.45) is 0 Å². The van der Waals surface area contributed by atoms with Gasteiger partial charge in [0.25, 0.3) is 10.0 Å². The first-order valence-corrected chi connectivity index (χ1v) is 11.2. The summed E-state index contributed by atoms with van der Waals surface area (Å²) in [4.78, 5) is 0.106. The Hall–Kier alpha value is -3.76. The maximum atomic E-state index is 13.5. The molecule has 0 spiro atoms. The highest BCUT2D eigenvalue weighted by molar-refractivity contribution is 7.92. The Labute approximate surface area is 181 Å². The lowest BCUT2D eigenvalue weighted by atomic mass is 10.2. The van der Waals surface area contributed by atoms with Crippen molar-refractivity contribution in [1.82, 2.24) is 0 Å². The number of nitriles is 1. The van der Waals surface area contributed by atoms with E-state index in [0.29, 0.717) is 36.0 Å². The van der Waals surface area contributed by atoms with Crippen LogP contribution in [0.25, 0.3) is 6.08 Å². The maximum Gasteiger partial charge on any atom is 0.264 e. The highest BCUT2D eigenvalue weighted by Crippen LogP contribution is 2.35. The van der Waals surface area contributed by atoms with Gasteiger partial charge in [0.05, 0.1) is 28.8 Å². The molecule has 4 rings (SSSR count). The first kappa shape index (κ1) is 20.5. The van der Waals surface area contributed by atoms with Crippen molar-refractivity contribution in [3.05, 3.63) is 90.0 Å². The minimum Gasteiger partial charge on any atom is -0.486 e. The van der Waals surface area contributed by atoms with Gasteiger partial charge in [-0.25, -0.2) is 8.42 Å². The van der Waals surface area contributed by atoms with Gasteiger partial charge in [-0.15, -0.1) is 0 Å². The first-order valence-electron chi connectivity index (χ1n) is 9.72. The van der Waals surface area contributed by atoms with Crippen molar-refractivity contribution in [1.29, 1.82) is 5.26 Å². The topological polar surface area (TPSA) is 79.6 Å². The molecule has 3 aromatic carbocycles. The van der Waals surface area contributed by atoms with Crippen LogP contribution in [0.15, 0.2) is 83.8 Å². The number of sulfonamides is 1. The van der Waals surface area contributed by atoms with E-state index in [0.717, 1.165) is 5.56 Å². The molecule has 3 aromatic rings. The number of fused-ring (bicyclic) bond motifs is 1. The lowest BCUT2D eigenvalue weighted by molar-refractivity contribution is 0.171. The van der Waals surface area contributed by atoms with E-state index < -0.39 is 10.0 Å². The van der Waals surface area contributed by atoms with E-state index in [1.165, 1.54) is 28.6 Å². The Balaban J connectivity index is 1.71. The second-order valence-electron chi connectivity index (χ2n) is 6.81. The lowest BCUT2D eigenvalue weighted by Gasteiger charge is -2.25. The van der Waals surface area contributed by atoms with Gasteiger partial charge in [-0.2, -0.15) is 5.26 Å². The van der Waals surface area contributed by atoms with Crippen LogP contribution < -0.4 is 13.8 Å². The molecular weight excluding hydrogens is 412 g/mol. The fourth-order valence-electron chi connectivity index (χ4n) is 3.21. The van der Waals surface area contributed by atoms with Crippen LogP contribution in [0.4, 0.5) is 5.69 Å². The van der Waals surface area contributed by atoms with E-state index in [-0.39, 0.29) is 11.4 Å². The molecule has 7 heteroatoms. The Morgan fingerprint density at radius 1 is 0.935 bits per heavy atom. The monoisotopic (exact) mass is 432 g/mol. The Morgan fingerprint density at radius 3 is 2.35 bits per heavy atom. The average molecular weight is 433 g/mol. The predicted octanol–water partition coefficient (Wildman–Crippen LogP) is 4.24. The highest BCUT2D eigenvalue weighted by atomic mass is 32.2. The molecule has 0 aromatic heterocycles. The van der Waals surface area contributed by atoms with Gasteiger partial charge in [0.15, 0.2) is 11.5 Å². The van der Waals surface area contributed by atoms with Crippen LogP contribution in [0.1, 0.15) is 11.1 Å².